The van der Waals surface area contributed by atoms with Crippen molar-refractivity contribution in [2.75, 3.05) is 11.5 Å². The molecule has 41 heavy (non-hydrogen) atoms. The van der Waals surface area contributed by atoms with Crippen molar-refractivity contribution in [2.24, 2.45) is 10.9 Å². The molecule has 0 bridgehead atoms. The van der Waals surface area contributed by atoms with E-state index < -0.39 is 5.24 Å². The van der Waals surface area contributed by atoms with Crippen molar-refractivity contribution in [3.05, 3.63) is 89.8 Å². The molecular formula is C25H21Cl5N6O3S2. The number of nitrogens with two attached hydrogens (primary N) is 3. The molecule has 16 heteroatoms. The van der Waals surface area contributed by atoms with Gasteiger partial charge in [-0.1, -0.05) is 64.1 Å². The lowest BCUT2D eigenvalue weighted by Crippen LogP contribution is -2.13. The maximum Gasteiger partial charge on any atom is 0.269 e. The summed E-state index contributed by atoms with van der Waals surface area (Å²) in [5, 5.41) is 20.1. The standard InChI is InChI=1S/C12H7Cl2N3OS.C7H8ClN3O.C5H2Cl2OS.CH4/c13-7-2-1-6(5-9(7)15)11-16-12(18-17-11)10-8(14)3-4-19-10;8-5-2-1-4(3-6(5)9)7(10)11-12;6-3-1-2-9-4(3)5(7)8;/h1-5H,15H2;1-3,12H,9H2,(H2,10,11);1-2H;1H4. The summed E-state index contributed by atoms with van der Waals surface area (Å²) in [5.41, 5.74) is 18.7. The molecule has 0 fully saturated rings. The molecule has 3 aromatic heterocycles. The Morgan fingerprint density at radius 3 is 1.98 bits per heavy atom. The van der Waals surface area contributed by atoms with Crippen LogP contribution in [0.5, 0.6) is 0 Å². The molecule has 5 aromatic rings. The smallest absolute Gasteiger partial charge is 0.269 e. The summed E-state index contributed by atoms with van der Waals surface area (Å²) in [6.07, 6.45) is 0. The lowest BCUT2D eigenvalue weighted by atomic mass is 10.2. The van der Waals surface area contributed by atoms with E-state index in [9.17, 15) is 4.79 Å². The van der Waals surface area contributed by atoms with Crippen LogP contribution in [0.1, 0.15) is 22.7 Å². The molecule has 7 N–H and O–H groups in total. The van der Waals surface area contributed by atoms with E-state index in [0.29, 0.717) is 53.6 Å². The van der Waals surface area contributed by atoms with Crippen molar-refractivity contribution in [3.63, 3.8) is 0 Å². The van der Waals surface area contributed by atoms with E-state index in [-0.39, 0.29) is 13.3 Å². The van der Waals surface area contributed by atoms with Crippen molar-refractivity contribution in [1.29, 1.82) is 0 Å². The van der Waals surface area contributed by atoms with E-state index in [2.05, 4.69) is 15.3 Å². The Bertz CT molecular complexity index is 1650. The Kier molecular flexibility index (Phi) is 13.2. The second kappa shape index (κ2) is 15.8. The average molecular weight is 695 g/mol. The Morgan fingerprint density at radius 1 is 0.878 bits per heavy atom. The minimum absolute atomic E-state index is 0. The number of nitrogens with zero attached hydrogens (tertiary/aromatic N) is 3. The third-order valence-electron chi connectivity index (χ3n) is 4.69. The van der Waals surface area contributed by atoms with Gasteiger partial charge in [0.2, 0.25) is 5.82 Å². The number of nitrogen functional groups attached to an aromatic ring is 2. The van der Waals surface area contributed by atoms with Gasteiger partial charge in [0, 0.05) is 11.1 Å². The van der Waals surface area contributed by atoms with Gasteiger partial charge in [-0.2, -0.15) is 4.98 Å². The molecule has 0 atom stereocenters. The number of hydrogen-bond donors (Lipinski definition) is 4. The summed E-state index contributed by atoms with van der Waals surface area (Å²) < 4.78 is 5.21. The van der Waals surface area contributed by atoms with Crippen molar-refractivity contribution in [3.8, 4) is 22.2 Å². The van der Waals surface area contributed by atoms with Gasteiger partial charge < -0.3 is 26.9 Å². The minimum atomic E-state index is -0.491. The Labute approximate surface area is 268 Å². The van der Waals surface area contributed by atoms with Crippen LogP contribution in [0.15, 0.2) is 69.0 Å². The van der Waals surface area contributed by atoms with Crippen LogP contribution in [0.3, 0.4) is 0 Å². The average Bonchev–Trinajstić information content (AvgIpc) is 3.68. The zero-order chi connectivity index (χ0) is 29.4. The first-order chi connectivity index (χ1) is 19.0. The van der Waals surface area contributed by atoms with Crippen molar-refractivity contribution >= 4 is 103 Å². The molecule has 9 nitrogen and oxygen atoms in total. The third kappa shape index (κ3) is 9.23. The maximum atomic E-state index is 10.4. The number of rotatable bonds is 4. The number of carbonyl (C=O) groups excluding carboxylic acids is 1. The number of aromatic nitrogens is 2. The largest absolute Gasteiger partial charge is 0.409 e. The quantitative estimate of drug-likeness (QED) is 0.0362. The van der Waals surface area contributed by atoms with Crippen molar-refractivity contribution in [2.45, 2.75) is 7.43 Å². The number of anilines is 2. The lowest BCUT2D eigenvalue weighted by Gasteiger charge is -2.01. The van der Waals surface area contributed by atoms with Gasteiger partial charge in [-0.25, -0.2) is 0 Å². The second-order valence-electron chi connectivity index (χ2n) is 7.35. The number of hydrogen-bond acceptors (Lipinski definition) is 10. The summed E-state index contributed by atoms with van der Waals surface area (Å²) in [6.45, 7) is 0. The highest BCUT2D eigenvalue weighted by Gasteiger charge is 2.15. The highest BCUT2D eigenvalue weighted by atomic mass is 35.5. The van der Waals surface area contributed by atoms with Crippen molar-refractivity contribution < 1.29 is 14.5 Å². The summed E-state index contributed by atoms with van der Waals surface area (Å²) in [4.78, 5) is 15.9. The summed E-state index contributed by atoms with van der Waals surface area (Å²) in [6, 6.07) is 13.3. The second-order valence-corrected chi connectivity index (χ2v) is 11.2. The molecule has 0 saturated heterocycles. The molecule has 5 rings (SSSR count). The van der Waals surface area contributed by atoms with Gasteiger partial charge in [-0.15, -0.1) is 22.7 Å². The number of halogens is 5. The predicted molar refractivity (Wildman–Crippen MR) is 172 cm³/mol. The molecule has 0 radical (unpaired) electrons. The Hall–Kier alpha value is -3.03. The van der Waals surface area contributed by atoms with E-state index in [0.717, 1.165) is 10.4 Å². The maximum absolute atomic E-state index is 10.4. The highest BCUT2D eigenvalue weighted by molar-refractivity contribution is 7.14. The van der Waals surface area contributed by atoms with E-state index in [1.54, 1.807) is 47.8 Å². The molecule has 0 spiro atoms. The van der Waals surface area contributed by atoms with E-state index in [1.807, 2.05) is 5.38 Å². The third-order valence-corrected chi connectivity index (χ3v) is 8.35. The van der Waals surface area contributed by atoms with Crippen LogP contribution in [-0.4, -0.2) is 26.4 Å². The first kappa shape index (κ1) is 34.2. The zero-order valence-corrected chi connectivity index (χ0v) is 25.2. The topological polar surface area (TPSA) is 167 Å². The fourth-order valence-electron chi connectivity index (χ4n) is 2.76. The Balaban J connectivity index is 0.000000231. The van der Waals surface area contributed by atoms with Gasteiger partial charge in [0.1, 0.15) is 9.75 Å². The molecular weight excluding hydrogens is 674 g/mol. The molecule has 0 aliphatic carbocycles. The molecule has 0 saturated carbocycles. The number of oxime groups is 1. The van der Waals surface area contributed by atoms with Gasteiger partial charge in [0.15, 0.2) is 5.84 Å². The number of carbonyl (C=O) groups is 1. The van der Waals surface area contributed by atoms with Gasteiger partial charge in [-0.05, 0) is 70.9 Å². The fourth-order valence-corrected chi connectivity index (χ4v) is 5.30. The van der Waals surface area contributed by atoms with E-state index >= 15 is 0 Å². The van der Waals surface area contributed by atoms with Gasteiger partial charge in [0.25, 0.3) is 11.1 Å². The molecule has 3 heterocycles. The van der Waals surface area contributed by atoms with Gasteiger partial charge >= 0.3 is 0 Å². The minimum Gasteiger partial charge on any atom is -0.409 e. The number of thiophene rings is 2. The highest BCUT2D eigenvalue weighted by Crippen LogP contribution is 2.33. The van der Waals surface area contributed by atoms with E-state index in [1.165, 1.54) is 28.7 Å². The van der Waals surface area contributed by atoms with Gasteiger partial charge in [0.05, 0.1) is 31.5 Å². The zero-order valence-electron chi connectivity index (χ0n) is 19.8. The van der Waals surface area contributed by atoms with E-state index in [4.69, 9.17) is 84.9 Å². The van der Waals surface area contributed by atoms with Crippen molar-refractivity contribution in [1.82, 2.24) is 10.1 Å². The normalized spacial score (nSPS) is 10.5. The van der Waals surface area contributed by atoms with Crippen LogP contribution < -0.4 is 17.2 Å². The first-order valence-corrected chi connectivity index (χ1v) is 14.2. The SMILES string of the molecule is C.N/C(=N\O)c1ccc(Cl)c(N)c1.Nc1cc(-c2noc(-c3sccc3Cl)n2)ccc1Cl.O=C(Cl)c1sccc1Cl. The first-order valence-electron chi connectivity index (χ1n) is 10.6. The molecule has 216 valence electrons. The molecule has 0 amide bonds. The van der Waals surface area contributed by atoms with Crippen LogP contribution >= 0.6 is 80.7 Å². The molecule has 0 aliphatic heterocycles. The molecule has 0 unspecified atom stereocenters. The van der Waals surface area contributed by atoms with Gasteiger partial charge in [-0.3, -0.25) is 4.79 Å². The van der Waals surface area contributed by atoms with Crippen LogP contribution in [0.4, 0.5) is 11.4 Å². The lowest BCUT2D eigenvalue weighted by molar-refractivity contribution is 0.108. The van der Waals surface area contributed by atoms with Crippen LogP contribution in [0.25, 0.3) is 22.2 Å². The number of benzene rings is 2. The van der Waals surface area contributed by atoms with Crippen LogP contribution in [0, 0.1) is 0 Å². The summed E-state index contributed by atoms with van der Waals surface area (Å²) in [5.74, 6) is 0.852. The predicted octanol–water partition coefficient (Wildman–Crippen LogP) is 8.79. The van der Waals surface area contributed by atoms with Crippen LogP contribution in [0.2, 0.25) is 20.1 Å². The molecule has 2 aromatic carbocycles. The number of amidine groups is 1. The summed E-state index contributed by atoms with van der Waals surface area (Å²) >= 11 is 30.9. The van der Waals surface area contributed by atoms with Crippen LogP contribution in [-0.2, 0) is 0 Å². The fraction of sp³-hybridized carbons (Fsp3) is 0.0400. The summed E-state index contributed by atoms with van der Waals surface area (Å²) in [7, 11) is 0. The monoisotopic (exact) mass is 692 g/mol. The molecule has 0 aliphatic rings. The Morgan fingerprint density at radius 2 is 1.49 bits per heavy atom.